The lowest BCUT2D eigenvalue weighted by atomic mass is 9.99. The molecule has 3 rings (SSSR count). The number of amides is 2. The average molecular weight is 341 g/mol. The number of benzene rings is 1. The van der Waals surface area contributed by atoms with E-state index in [0.29, 0.717) is 13.1 Å². The second kappa shape index (κ2) is 7.34. The van der Waals surface area contributed by atoms with Crippen molar-refractivity contribution in [2.24, 2.45) is 5.92 Å². The number of hydrogen-bond donors (Lipinski definition) is 1. The SMILES string of the molecule is C[C@H](NC(=O)N1CCC(C#N)CC1)c1cnn(-c2ccc(F)cc2)c1. The Kier molecular flexibility index (Phi) is 4.98. The second-order valence-electron chi connectivity index (χ2n) is 6.26. The van der Waals surface area contributed by atoms with Gasteiger partial charge in [0.15, 0.2) is 0 Å². The molecule has 0 radical (unpaired) electrons. The number of likely N-dealkylation sites (tertiary alicyclic amines) is 1. The Labute approximate surface area is 145 Å². The molecule has 0 saturated carbocycles. The van der Waals surface area contributed by atoms with Crippen LogP contribution < -0.4 is 5.32 Å². The summed E-state index contributed by atoms with van der Waals surface area (Å²) in [4.78, 5) is 14.1. The van der Waals surface area contributed by atoms with Crippen LogP contribution in [0.15, 0.2) is 36.7 Å². The van der Waals surface area contributed by atoms with Gasteiger partial charge in [-0.1, -0.05) is 0 Å². The first kappa shape index (κ1) is 17.0. The number of piperidine rings is 1. The summed E-state index contributed by atoms with van der Waals surface area (Å²) in [6.45, 7) is 3.10. The molecular weight excluding hydrogens is 321 g/mol. The predicted octanol–water partition coefficient (Wildman–Crippen LogP) is 3.02. The Morgan fingerprint density at radius 3 is 2.68 bits per heavy atom. The van der Waals surface area contributed by atoms with Gasteiger partial charge in [0.25, 0.3) is 0 Å². The molecule has 1 aromatic heterocycles. The van der Waals surface area contributed by atoms with Crippen LogP contribution >= 0.6 is 0 Å². The smallest absolute Gasteiger partial charge is 0.317 e. The van der Waals surface area contributed by atoms with Gasteiger partial charge in [0.2, 0.25) is 0 Å². The Morgan fingerprint density at radius 1 is 1.36 bits per heavy atom. The molecule has 0 unspecified atom stereocenters. The highest BCUT2D eigenvalue weighted by Crippen LogP contribution is 2.18. The van der Waals surface area contributed by atoms with Gasteiger partial charge >= 0.3 is 6.03 Å². The van der Waals surface area contributed by atoms with Gasteiger partial charge in [-0.05, 0) is 44.0 Å². The molecule has 7 heteroatoms. The minimum absolute atomic E-state index is 0.0513. The van der Waals surface area contributed by atoms with Gasteiger partial charge in [0.1, 0.15) is 5.82 Å². The van der Waals surface area contributed by atoms with E-state index in [1.807, 2.05) is 13.1 Å². The van der Waals surface area contributed by atoms with Gasteiger partial charge in [-0.3, -0.25) is 0 Å². The van der Waals surface area contributed by atoms with Crippen LogP contribution in [0.2, 0.25) is 0 Å². The molecule has 6 nitrogen and oxygen atoms in total. The lowest BCUT2D eigenvalue weighted by Gasteiger charge is -2.30. The molecule has 25 heavy (non-hydrogen) atoms. The Bertz CT molecular complexity index is 772. The van der Waals surface area contributed by atoms with E-state index in [1.54, 1.807) is 27.9 Å². The van der Waals surface area contributed by atoms with Crippen LogP contribution in [0.1, 0.15) is 31.4 Å². The van der Waals surface area contributed by atoms with Crippen molar-refractivity contribution in [1.29, 1.82) is 5.26 Å². The summed E-state index contributed by atoms with van der Waals surface area (Å²) in [6, 6.07) is 7.99. The zero-order valence-corrected chi connectivity index (χ0v) is 14.0. The second-order valence-corrected chi connectivity index (χ2v) is 6.26. The standard InChI is InChI=1S/C18H20FN5O/c1-13(22-18(25)23-8-6-14(10-20)7-9-23)15-11-21-24(12-15)17-4-2-16(19)3-5-17/h2-5,11-14H,6-9H2,1H3,(H,22,25)/t13-/m0/s1. The fourth-order valence-corrected chi connectivity index (χ4v) is 2.87. The molecule has 1 fully saturated rings. The molecule has 1 aliphatic heterocycles. The summed E-state index contributed by atoms with van der Waals surface area (Å²) < 4.78 is 14.7. The first-order chi connectivity index (χ1) is 12.1. The van der Waals surface area contributed by atoms with Crippen LogP contribution in [-0.4, -0.2) is 33.8 Å². The summed E-state index contributed by atoms with van der Waals surface area (Å²) in [5.41, 5.74) is 1.62. The van der Waals surface area contributed by atoms with Crippen molar-refractivity contribution in [2.75, 3.05) is 13.1 Å². The van der Waals surface area contributed by atoms with Gasteiger partial charge in [0.05, 0.1) is 24.0 Å². The van der Waals surface area contributed by atoms with Gasteiger partial charge in [-0.2, -0.15) is 10.4 Å². The third-order valence-electron chi connectivity index (χ3n) is 4.50. The molecule has 1 atom stereocenters. The van der Waals surface area contributed by atoms with E-state index in [0.717, 1.165) is 24.1 Å². The van der Waals surface area contributed by atoms with Crippen molar-refractivity contribution < 1.29 is 9.18 Å². The maximum Gasteiger partial charge on any atom is 0.317 e. The van der Waals surface area contributed by atoms with Gasteiger partial charge in [0, 0.05) is 30.8 Å². The maximum atomic E-state index is 13.0. The molecule has 1 aliphatic rings. The van der Waals surface area contributed by atoms with Crippen LogP contribution in [0.25, 0.3) is 5.69 Å². The molecule has 2 heterocycles. The van der Waals surface area contributed by atoms with Crippen molar-refractivity contribution in [1.82, 2.24) is 20.0 Å². The number of carbonyl (C=O) groups is 1. The van der Waals surface area contributed by atoms with Gasteiger partial charge in [-0.15, -0.1) is 0 Å². The van der Waals surface area contributed by atoms with Crippen LogP contribution in [0.4, 0.5) is 9.18 Å². The third-order valence-corrected chi connectivity index (χ3v) is 4.50. The lowest BCUT2D eigenvalue weighted by Crippen LogP contribution is -2.45. The highest BCUT2D eigenvalue weighted by atomic mass is 19.1. The molecule has 0 aliphatic carbocycles. The minimum Gasteiger partial charge on any atom is -0.331 e. The number of urea groups is 1. The van der Waals surface area contributed by atoms with Crippen molar-refractivity contribution in [3.05, 3.63) is 48.0 Å². The summed E-state index contributed by atoms with van der Waals surface area (Å²) in [5, 5.41) is 16.2. The maximum absolute atomic E-state index is 13.0. The van der Waals surface area contributed by atoms with E-state index in [2.05, 4.69) is 16.5 Å². The Hall–Kier alpha value is -2.88. The zero-order valence-electron chi connectivity index (χ0n) is 14.0. The van der Waals surface area contributed by atoms with Gasteiger partial charge < -0.3 is 10.2 Å². The van der Waals surface area contributed by atoms with E-state index >= 15 is 0 Å². The fraction of sp³-hybridized carbons (Fsp3) is 0.389. The molecule has 2 amide bonds. The zero-order chi connectivity index (χ0) is 17.8. The van der Waals surface area contributed by atoms with Crippen molar-refractivity contribution in [3.8, 4) is 11.8 Å². The molecule has 130 valence electrons. The summed E-state index contributed by atoms with van der Waals surface area (Å²) >= 11 is 0. The highest BCUT2D eigenvalue weighted by Gasteiger charge is 2.23. The largest absolute Gasteiger partial charge is 0.331 e. The van der Waals surface area contributed by atoms with Crippen LogP contribution in [0.5, 0.6) is 0 Å². The molecule has 1 aromatic carbocycles. The predicted molar refractivity (Wildman–Crippen MR) is 90.4 cm³/mol. The van der Waals surface area contributed by atoms with Gasteiger partial charge in [-0.25, -0.2) is 13.9 Å². The first-order valence-corrected chi connectivity index (χ1v) is 8.32. The van der Waals surface area contributed by atoms with E-state index in [9.17, 15) is 9.18 Å². The number of nitriles is 1. The normalized spacial score (nSPS) is 16.3. The summed E-state index contributed by atoms with van der Waals surface area (Å²) in [5.74, 6) is -0.243. The molecule has 0 bridgehead atoms. The fourth-order valence-electron chi connectivity index (χ4n) is 2.87. The third kappa shape index (κ3) is 3.97. The summed E-state index contributed by atoms with van der Waals surface area (Å²) in [7, 11) is 0. The highest BCUT2D eigenvalue weighted by molar-refractivity contribution is 5.74. The molecule has 1 N–H and O–H groups in total. The summed E-state index contributed by atoms with van der Waals surface area (Å²) in [6.07, 6.45) is 4.96. The molecule has 1 saturated heterocycles. The molecule has 2 aromatic rings. The number of hydrogen-bond acceptors (Lipinski definition) is 3. The first-order valence-electron chi connectivity index (χ1n) is 8.32. The Balaban J connectivity index is 1.60. The lowest BCUT2D eigenvalue weighted by molar-refractivity contribution is 0.176. The number of aromatic nitrogens is 2. The van der Waals surface area contributed by atoms with E-state index in [-0.39, 0.29) is 23.8 Å². The van der Waals surface area contributed by atoms with Crippen molar-refractivity contribution >= 4 is 6.03 Å². The quantitative estimate of drug-likeness (QED) is 0.932. The number of rotatable bonds is 3. The van der Waals surface area contributed by atoms with Crippen molar-refractivity contribution in [2.45, 2.75) is 25.8 Å². The van der Waals surface area contributed by atoms with Crippen LogP contribution in [-0.2, 0) is 0 Å². The topological polar surface area (TPSA) is 74.0 Å². The van der Waals surface area contributed by atoms with E-state index in [4.69, 9.17) is 5.26 Å². The van der Waals surface area contributed by atoms with Crippen LogP contribution in [0.3, 0.4) is 0 Å². The average Bonchev–Trinajstić information content (AvgIpc) is 3.12. The monoisotopic (exact) mass is 341 g/mol. The van der Waals surface area contributed by atoms with Crippen molar-refractivity contribution in [3.63, 3.8) is 0 Å². The van der Waals surface area contributed by atoms with E-state index < -0.39 is 0 Å². The Morgan fingerprint density at radius 2 is 2.04 bits per heavy atom. The molecule has 0 spiro atoms. The molecular formula is C18H20FN5O. The van der Waals surface area contributed by atoms with Crippen LogP contribution in [0, 0.1) is 23.1 Å². The minimum atomic E-state index is -0.295. The number of carbonyl (C=O) groups excluding carboxylic acids is 1. The number of nitrogens with one attached hydrogen (secondary N) is 1. The number of halogens is 1. The number of nitrogens with zero attached hydrogens (tertiary/aromatic N) is 4. The van der Waals surface area contributed by atoms with E-state index in [1.165, 1.54) is 12.1 Å².